The Balaban J connectivity index is 2.55. The fraction of sp³-hybridized carbons (Fsp3) is 1.00. The van der Waals surface area contributed by atoms with E-state index in [9.17, 15) is 8.42 Å². The molecule has 0 aromatic heterocycles. The van der Waals surface area contributed by atoms with Crippen molar-refractivity contribution in [2.75, 3.05) is 0 Å². The first-order chi connectivity index (χ1) is 5.99. The van der Waals surface area contributed by atoms with Crippen LogP contribution in [0.3, 0.4) is 0 Å². The summed E-state index contributed by atoms with van der Waals surface area (Å²) in [5, 5.41) is 0. The highest BCUT2D eigenvalue weighted by Crippen LogP contribution is 2.23. The maximum atomic E-state index is 10.8. The summed E-state index contributed by atoms with van der Waals surface area (Å²) < 4.78 is 24.1. The molecule has 78 valence electrons. The number of halogens is 1. The third-order valence-electron chi connectivity index (χ3n) is 2.65. The molecule has 0 aromatic rings. The second-order valence-corrected chi connectivity index (χ2v) is 6.11. The van der Waals surface area contributed by atoms with E-state index in [2.05, 4.69) is 11.6 Å². The Bertz CT molecular complexity index is 253. The third-order valence-corrected chi connectivity index (χ3v) is 3.51. The number of nitrogens with one attached hydrogen (secondary N) is 1. The molecular weight excluding hydrogens is 210 g/mol. The van der Waals surface area contributed by atoms with Crippen LogP contribution in [-0.4, -0.2) is 14.5 Å². The number of rotatable bonds is 2. The Kier molecular flexibility index (Phi) is 4.01. The zero-order valence-electron chi connectivity index (χ0n) is 7.79. The van der Waals surface area contributed by atoms with E-state index in [-0.39, 0.29) is 6.04 Å². The second-order valence-electron chi connectivity index (χ2n) is 3.78. The molecule has 2 atom stereocenters. The van der Waals surface area contributed by atoms with Gasteiger partial charge in [-0.15, -0.1) is 0 Å². The zero-order chi connectivity index (χ0) is 9.90. The van der Waals surface area contributed by atoms with Crippen LogP contribution in [0.25, 0.3) is 0 Å². The van der Waals surface area contributed by atoms with Crippen LogP contribution in [0.4, 0.5) is 0 Å². The fourth-order valence-electron chi connectivity index (χ4n) is 1.85. The van der Waals surface area contributed by atoms with E-state index < -0.39 is 9.24 Å². The van der Waals surface area contributed by atoms with Gasteiger partial charge in [-0.1, -0.05) is 26.2 Å². The van der Waals surface area contributed by atoms with Gasteiger partial charge in [0.05, 0.1) is 0 Å². The van der Waals surface area contributed by atoms with E-state index >= 15 is 0 Å². The Labute approximate surface area is 84.4 Å². The van der Waals surface area contributed by atoms with Gasteiger partial charge in [0.2, 0.25) is 0 Å². The van der Waals surface area contributed by atoms with Crippen molar-refractivity contribution in [3.05, 3.63) is 0 Å². The minimum Gasteiger partial charge on any atom is -0.199 e. The maximum absolute atomic E-state index is 10.8. The molecule has 13 heavy (non-hydrogen) atoms. The van der Waals surface area contributed by atoms with Crippen molar-refractivity contribution in [2.24, 2.45) is 5.92 Å². The second kappa shape index (κ2) is 4.62. The van der Waals surface area contributed by atoms with Crippen molar-refractivity contribution in [3.63, 3.8) is 0 Å². The third kappa shape index (κ3) is 4.29. The number of hydrogen-bond donors (Lipinski definition) is 1. The highest BCUT2D eigenvalue weighted by molar-refractivity contribution is 8.12. The van der Waals surface area contributed by atoms with E-state index in [0.29, 0.717) is 5.92 Å². The fourth-order valence-corrected chi connectivity index (χ4v) is 2.90. The highest BCUT2D eigenvalue weighted by Gasteiger charge is 2.23. The standard InChI is InChI=1S/C8H16ClNO2S/c1-7-5-3-2-4-6-8(7)10-13(9,11)12/h7-8,10H,2-6H2,1H3. The molecule has 0 spiro atoms. The molecule has 0 heterocycles. The van der Waals surface area contributed by atoms with Crippen LogP contribution in [0.1, 0.15) is 39.0 Å². The highest BCUT2D eigenvalue weighted by atomic mass is 35.7. The largest absolute Gasteiger partial charge is 0.297 e. The van der Waals surface area contributed by atoms with Gasteiger partial charge in [0, 0.05) is 16.7 Å². The molecule has 0 amide bonds. The van der Waals surface area contributed by atoms with Gasteiger partial charge in [0.15, 0.2) is 0 Å². The molecule has 1 fully saturated rings. The zero-order valence-corrected chi connectivity index (χ0v) is 9.37. The van der Waals surface area contributed by atoms with Crippen molar-refractivity contribution >= 4 is 19.9 Å². The van der Waals surface area contributed by atoms with Gasteiger partial charge in [0.25, 0.3) is 9.24 Å². The lowest BCUT2D eigenvalue weighted by molar-refractivity contribution is 0.402. The lowest BCUT2D eigenvalue weighted by atomic mass is 9.98. The van der Waals surface area contributed by atoms with E-state index in [1.165, 1.54) is 12.8 Å². The Morgan fingerprint density at radius 3 is 2.46 bits per heavy atom. The Morgan fingerprint density at radius 1 is 1.23 bits per heavy atom. The van der Waals surface area contributed by atoms with Gasteiger partial charge in [0.1, 0.15) is 0 Å². The van der Waals surface area contributed by atoms with Gasteiger partial charge in [-0.3, -0.25) is 0 Å². The lowest BCUT2D eigenvalue weighted by Gasteiger charge is -2.20. The molecule has 0 saturated heterocycles. The van der Waals surface area contributed by atoms with Gasteiger partial charge in [-0.2, -0.15) is 13.1 Å². The minimum atomic E-state index is -3.55. The summed E-state index contributed by atoms with van der Waals surface area (Å²) >= 11 is 0. The Morgan fingerprint density at radius 2 is 1.85 bits per heavy atom. The van der Waals surface area contributed by atoms with Crippen LogP contribution in [-0.2, 0) is 9.24 Å². The van der Waals surface area contributed by atoms with Crippen molar-refractivity contribution in [3.8, 4) is 0 Å². The SMILES string of the molecule is CC1CCCCCC1NS(=O)(=O)Cl. The molecule has 0 radical (unpaired) electrons. The average molecular weight is 226 g/mol. The predicted octanol–water partition coefficient (Wildman–Crippen LogP) is 2.03. The first-order valence-electron chi connectivity index (χ1n) is 4.71. The van der Waals surface area contributed by atoms with Crippen molar-refractivity contribution in [2.45, 2.75) is 45.1 Å². The monoisotopic (exact) mass is 225 g/mol. The lowest BCUT2D eigenvalue weighted by Crippen LogP contribution is -2.36. The molecule has 5 heteroatoms. The van der Waals surface area contributed by atoms with Gasteiger partial charge in [-0.05, 0) is 18.8 Å². The topological polar surface area (TPSA) is 46.2 Å². The summed E-state index contributed by atoms with van der Waals surface area (Å²) in [6, 6.07) is 0.0324. The molecule has 1 aliphatic carbocycles. The minimum absolute atomic E-state index is 0.0324. The molecule has 3 nitrogen and oxygen atoms in total. The van der Waals surface area contributed by atoms with Gasteiger partial charge in [-0.25, -0.2) is 0 Å². The van der Waals surface area contributed by atoms with E-state index in [0.717, 1.165) is 19.3 Å². The summed E-state index contributed by atoms with van der Waals surface area (Å²) in [4.78, 5) is 0. The molecule has 1 N–H and O–H groups in total. The summed E-state index contributed by atoms with van der Waals surface area (Å²) in [5.41, 5.74) is 0. The molecule has 1 saturated carbocycles. The average Bonchev–Trinajstić information content (AvgIpc) is 2.14. The van der Waals surface area contributed by atoms with E-state index in [4.69, 9.17) is 10.7 Å². The smallest absolute Gasteiger partial charge is 0.199 e. The molecule has 2 unspecified atom stereocenters. The van der Waals surface area contributed by atoms with Crippen LogP contribution >= 0.6 is 10.7 Å². The van der Waals surface area contributed by atoms with Crippen molar-refractivity contribution in [1.29, 1.82) is 0 Å². The van der Waals surface area contributed by atoms with Crippen molar-refractivity contribution < 1.29 is 8.42 Å². The van der Waals surface area contributed by atoms with Crippen LogP contribution in [0.2, 0.25) is 0 Å². The molecule has 0 aromatic carbocycles. The first-order valence-corrected chi connectivity index (χ1v) is 7.02. The van der Waals surface area contributed by atoms with Gasteiger partial charge < -0.3 is 0 Å². The first kappa shape index (κ1) is 11.3. The molecular formula is C8H16ClNO2S. The van der Waals surface area contributed by atoms with Crippen LogP contribution < -0.4 is 4.72 Å². The molecule has 1 aliphatic rings. The quantitative estimate of drug-likeness (QED) is 0.578. The van der Waals surface area contributed by atoms with Gasteiger partial charge >= 0.3 is 0 Å². The van der Waals surface area contributed by atoms with Crippen molar-refractivity contribution in [1.82, 2.24) is 4.72 Å². The van der Waals surface area contributed by atoms with E-state index in [1.54, 1.807) is 0 Å². The summed E-state index contributed by atoms with van der Waals surface area (Å²) in [5.74, 6) is 0.399. The summed E-state index contributed by atoms with van der Waals surface area (Å²) in [6.07, 6.45) is 5.48. The maximum Gasteiger partial charge on any atom is 0.297 e. The normalized spacial score (nSPS) is 31.2. The molecule has 1 rings (SSSR count). The Hall–Kier alpha value is 0.200. The summed E-state index contributed by atoms with van der Waals surface area (Å²) in [6.45, 7) is 2.07. The van der Waals surface area contributed by atoms with E-state index in [1.807, 2.05) is 0 Å². The van der Waals surface area contributed by atoms with Crippen LogP contribution in [0.5, 0.6) is 0 Å². The predicted molar refractivity (Wildman–Crippen MR) is 53.9 cm³/mol. The summed E-state index contributed by atoms with van der Waals surface area (Å²) in [7, 11) is 1.60. The van der Waals surface area contributed by atoms with Crippen LogP contribution in [0.15, 0.2) is 0 Å². The molecule has 0 aliphatic heterocycles. The molecule has 0 bridgehead atoms. The number of hydrogen-bond acceptors (Lipinski definition) is 2. The van der Waals surface area contributed by atoms with Crippen LogP contribution in [0, 0.1) is 5.92 Å².